The quantitative estimate of drug-likeness (QED) is 0.672. The fourth-order valence-corrected chi connectivity index (χ4v) is 3.86. The largest absolute Gasteiger partial charge is 0.307 e. The molecular weight excluding hydrogens is 289 g/mol. The Morgan fingerprint density at radius 3 is 2.30 bits per heavy atom. The molecule has 1 saturated carbocycles. The molecule has 1 unspecified atom stereocenters. The summed E-state index contributed by atoms with van der Waals surface area (Å²) in [5.41, 5.74) is 1.14. The van der Waals surface area contributed by atoms with E-state index in [1.54, 1.807) is 0 Å². The Balaban J connectivity index is 1.97. The van der Waals surface area contributed by atoms with E-state index >= 15 is 0 Å². The molecule has 1 fully saturated rings. The maximum atomic E-state index is 6.30. The Hall–Kier alpha value is -0.240. The van der Waals surface area contributed by atoms with Gasteiger partial charge in [0.05, 0.1) is 0 Å². The number of hydrogen-bond donors (Lipinski definition) is 1. The summed E-state index contributed by atoms with van der Waals surface area (Å²) in [5.74, 6) is 0.797. The molecular formula is C17H25Cl2N. The zero-order chi connectivity index (χ0) is 14.5. The molecule has 1 nitrogen and oxygen atoms in total. The molecule has 0 amide bonds. The molecule has 0 saturated heterocycles. The minimum Gasteiger partial charge on any atom is -0.307 e. The summed E-state index contributed by atoms with van der Waals surface area (Å²) in [6.07, 6.45) is 8.29. The van der Waals surface area contributed by atoms with E-state index in [-0.39, 0.29) is 6.04 Å². The van der Waals surface area contributed by atoms with Crippen LogP contribution in [0.3, 0.4) is 0 Å². The van der Waals surface area contributed by atoms with Gasteiger partial charge in [0.2, 0.25) is 0 Å². The molecule has 0 spiro atoms. The molecule has 3 heteroatoms. The van der Waals surface area contributed by atoms with Crippen molar-refractivity contribution in [3.05, 3.63) is 33.8 Å². The van der Waals surface area contributed by atoms with Gasteiger partial charge in [-0.05, 0) is 50.3 Å². The number of halogens is 2. The second-order valence-electron chi connectivity index (χ2n) is 6.09. The molecule has 2 atom stereocenters. The topological polar surface area (TPSA) is 12.0 Å². The Morgan fingerprint density at radius 1 is 1.05 bits per heavy atom. The van der Waals surface area contributed by atoms with Gasteiger partial charge in [-0.25, -0.2) is 0 Å². The van der Waals surface area contributed by atoms with Crippen LogP contribution in [0.15, 0.2) is 18.2 Å². The average Bonchev–Trinajstić information content (AvgIpc) is 2.67. The van der Waals surface area contributed by atoms with E-state index < -0.39 is 0 Å². The van der Waals surface area contributed by atoms with Gasteiger partial charge in [0.1, 0.15) is 0 Å². The molecule has 1 aliphatic rings. The molecule has 1 aromatic carbocycles. The van der Waals surface area contributed by atoms with Crippen molar-refractivity contribution < 1.29 is 0 Å². The maximum absolute atomic E-state index is 6.30. The van der Waals surface area contributed by atoms with Crippen LogP contribution in [0.1, 0.15) is 64.0 Å². The molecule has 20 heavy (non-hydrogen) atoms. The minimum absolute atomic E-state index is 0.262. The Labute approximate surface area is 133 Å². The molecule has 1 N–H and O–H groups in total. The summed E-state index contributed by atoms with van der Waals surface area (Å²) < 4.78 is 0. The maximum Gasteiger partial charge on any atom is 0.0468 e. The highest BCUT2D eigenvalue weighted by Gasteiger charge is 2.21. The third-order valence-corrected chi connectivity index (χ3v) is 5.11. The van der Waals surface area contributed by atoms with Crippen LogP contribution in [0.4, 0.5) is 0 Å². The summed E-state index contributed by atoms with van der Waals surface area (Å²) in [6.45, 7) is 4.50. The lowest BCUT2D eigenvalue weighted by Gasteiger charge is -2.27. The van der Waals surface area contributed by atoms with Gasteiger partial charge in [-0.15, -0.1) is 0 Å². The molecule has 0 bridgehead atoms. The van der Waals surface area contributed by atoms with Crippen LogP contribution in [-0.4, -0.2) is 6.04 Å². The van der Waals surface area contributed by atoms with Crippen molar-refractivity contribution in [2.24, 2.45) is 5.92 Å². The smallest absolute Gasteiger partial charge is 0.0468 e. The number of benzene rings is 1. The minimum atomic E-state index is 0.262. The van der Waals surface area contributed by atoms with Gasteiger partial charge in [0.25, 0.3) is 0 Å². The first-order valence-corrected chi connectivity index (χ1v) is 8.54. The number of rotatable bonds is 4. The van der Waals surface area contributed by atoms with E-state index in [1.807, 2.05) is 18.2 Å². The van der Waals surface area contributed by atoms with Crippen molar-refractivity contribution in [2.45, 2.75) is 64.5 Å². The zero-order valence-corrected chi connectivity index (χ0v) is 14.0. The highest BCUT2D eigenvalue weighted by Crippen LogP contribution is 2.29. The van der Waals surface area contributed by atoms with Crippen molar-refractivity contribution in [3.63, 3.8) is 0 Å². The lowest BCUT2D eigenvalue weighted by atomic mass is 9.92. The van der Waals surface area contributed by atoms with Crippen LogP contribution in [0.25, 0.3) is 0 Å². The van der Waals surface area contributed by atoms with Crippen molar-refractivity contribution in [2.75, 3.05) is 0 Å². The van der Waals surface area contributed by atoms with Gasteiger partial charge in [-0.2, -0.15) is 0 Å². The third-order valence-electron chi connectivity index (χ3n) is 4.55. The predicted molar refractivity (Wildman–Crippen MR) is 88.7 cm³/mol. The van der Waals surface area contributed by atoms with Crippen molar-refractivity contribution in [3.8, 4) is 0 Å². The highest BCUT2D eigenvalue weighted by atomic mass is 35.5. The van der Waals surface area contributed by atoms with E-state index in [0.717, 1.165) is 16.5 Å². The van der Waals surface area contributed by atoms with Crippen molar-refractivity contribution in [1.82, 2.24) is 5.32 Å². The lowest BCUT2D eigenvalue weighted by molar-refractivity contribution is 0.316. The fourth-order valence-electron chi connectivity index (χ4n) is 3.28. The Kier molecular flexibility index (Phi) is 6.20. The molecule has 0 heterocycles. The van der Waals surface area contributed by atoms with Crippen molar-refractivity contribution >= 4 is 23.2 Å². The molecule has 2 rings (SSSR count). The van der Waals surface area contributed by atoms with Crippen LogP contribution in [0, 0.1) is 5.92 Å². The van der Waals surface area contributed by atoms with Gasteiger partial charge in [0, 0.05) is 22.1 Å². The Morgan fingerprint density at radius 2 is 1.70 bits per heavy atom. The first-order chi connectivity index (χ1) is 9.58. The zero-order valence-electron chi connectivity index (χ0n) is 12.5. The van der Waals surface area contributed by atoms with E-state index in [0.29, 0.717) is 11.1 Å². The highest BCUT2D eigenvalue weighted by molar-refractivity contribution is 6.35. The van der Waals surface area contributed by atoms with E-state index in [4.69, 9.17) is 23.2 Å². The summed E-state index contributed by atoms with van der Waals surface area (Å²) in [6, 6.07) is 6.57. The summed E-state index contributed by atoms with van der Waals surface area (Å²) in [5, 5.41) is 5.18. The molecule has 1 aromatic rings. The summed E-state index contributed by atoms with van der Waals surface area (Å²) in [4.78, 5) is 0. The van der Waals surface area contributed by atoms with Crippen LogP contribution in [-0.2, 0) is 0 Å². The second-order valence-corrected chi connectivity index (χ2v) is 6.94. The average molecular weight is 314 g/mol. The standard InChI is InChI=1S/C17H25Cl2N/c1-12(14-7-5-3-4-6-8-14)20-13(2)16-10-9-15(18)11-17(16)19/h9-14,20H,3-8H2,1-2H3/t12-,13?/m0/s1. The SMILES string of the molecule is CC(N[C@@H](C)C1CCCCCC1)c1ccc(Cl)cc1Cl. The van der Waals surface area contributed by atoms with Gasteiger partial charge in [-0.1, -0.05) is 55.0 Å². The van der Waals surface area contributed by atoms with Crippen LogP contribution in [0.5, 0.6) is 0 Å². The first kappa shape index (κ1) is 16.1. The summed E-state index contributed by atoms with van der Waals surface area (Å²) >= 11 is 12.3. The van der Waals surface area contributed by atoms with E-state index in [2.05, 4.69) is 19.2 Å². The van der Waals surface area contributed by atoms with Crippen molar-refractivity contribution in [1.29, 1.82) is 0 Å². The summed E-state index contributed by atoms with van der Waals surface area (Å²) in [7, 11) is 0. The lowest BCUT2D eigenvalue weighted by Crippen LogP contribution is -2.35. The molecule has 112 valence electrons. The molecule has 1 aliphatic carbocycles. The first-order valence-electron chi connectivity index (χ1n) is 7.79. The fraction of sp³-hybridized carbons (Fsp3) is 0.647. The third kappa shape index (κ3) is 4.38. The molecule has 0 aromatic heterocycles. The van der Waals surface area contributed by atoms with Gasteiger partial charge < -0.3 is 5.32 Å². The van der Waals surface area contributed by atoms with Gasteiger partial charge in [-0.3, -0.25) is 0 Å². The van der Waals surface area contributed by atoms with Crippen LogP contribution < -0.4 is 5.32 Å². The van der Waals surface area contributed by atoms with Crippen LogP contribution in [0.2, 0.25) is 10.0 Å². The monoisotopic (exact) mass is 313 g/mol. The molecule has 0 radical (unpaired) electrons. The van der Waals surface area contributed by atoms with Gasteiger partial charge in [0.15, 0.2) is 0 Å². The molecule has 0 aliphatic heterocycles. The van der Waals surface area contributed by atoms with E-state index in [1.165, 1.54) is 38.5 Å². The second kappa shape index (κ2) is 7.68. The predicted octanol–water partition coefficient (Wildman–Crippen LogP) is 6.00. The normalized spacial score (nSPS) is 20.4. The van der Waals surface area contributed by atoms with Crippen LogP contribution >= 0.6 is 23.2 Å². The Bertz CT molecular complexity index is 425. The van der Waals surface area contributed by atoms with Gasteiger partial charge >= 0.3 is 0 Å². The number of nitrogens with one attached hydrogen (secondary N) is 1. The van der Waals surface area contributed by atoms with E-state index in [9.17, 15) is 0 Å². The number of hydrogen-bond acceptors (Lipinski definition) is 1.